The molecule has 2 rings (SSSR count). The fraction of sp³-hybridized carbons (Fsp3) is 0.600. The number of benzene rings is 1. The molecule has 0 saturated heterocycles. The SMILES string of the molecule is C[C@@H](O)CNS(=O)(=O)c1ccc(C2CCCCC2)cc1. The summed E-state index contributed by atoms with van der Waals surface area (Å²) in [6, 6.07) is 7.17. The lowest BCUT2D eigenvalue weighted by atomic mass is 9.84. The number of hydrogen-bond acceptors (Lipinski definition) is 3. The molecule has 5 heteroatoms. The molecule has 2 N–H and O–H groups in total. The minimum absolute atomic E-state index is 0.0344. The standard InChI is InChI=1S/C15H23NO3S/c1-12(17)11-16-20(18,19)15-9-7-14(8-10-15)13-5-3-2-4-6-13/h7-10,12-13,16-17H,2-6,11H2,1H3/t12-/m1/s1. The highest BCUT2D eigenvalue weighted by Gasteiger charge is 2.18. The third kappa shape index (κ3) is 4.04. The highest BCUT2D eigenvalue weighted by atomic mass is 32.2. The van der Waals surface area contributed by atoms with Crippen LogP contribution in [-0.2, 0) is 10.0 Å². The van der Waals surface area contributed by atoms with Gasteiger partial charge < -0.3 is 5.11 Å². The third-order valence-corrected chi connectivity index (χ3v) is 5.28. The van der Waals surface area contributed by atoms with Gasteiger partial charge >= 0.3 is 0 Å². The Morgan fingerprint density at radius 1 is 1.20 bits per heavy atom. The van der Waals surface area contributed by atoms with E-state index in [1.807, 2.05) is 12.1 Å². The number of aliphatic hydroxyl groups excluding tert-OH is 1. The van der Waals surface area contributed by atoms with Crippen molar-refractivity contribution >= 4 is 10.0 Å². The van der Waals surface area contributed by atoms with E-state index in [-0.39, 0.29) is 11.4 Å². The van der Waals surface area contributed by atoms with Gasteiger partial charge in [0.25, 0.3) is 0 Å². The number of rotatable bonds is 5. The van der Waals surface area contributed by atoms with Crippen molar-refractivity contribution in [2.24, 2.45) is 0 Å². The first-order chi connectivity index (χ1) is 9.49. The first-order valence-electron chi connectivity index (χ1n) is 7.27. The zero-order valence-electron chi connectivity index (χ0n) is 11.9. The highest BCUT2D eigenvalue weighted by molar-refractivity contribution is 7.89. The first-order valence-corrected chi connectivity index (χ1v) is 8.75. The van der Waals surface area contributed by atoms with E-state index in [1.165, 1.54) is 37.7 Å². The van der Waals surface area contributed by atoms with E-state index in [0.717, 1.165) is 0 Å². The smallest absolute Gasteiger partial charge is 0.240 e. The summed E-state index contributed by atoms with van der Waals surface area (Å²) in [5.41, 5.74) is 1.24. The molecule has 0 aliphatic heterocycles. The molecular weight excluding hydrogens is 274 g/mol. The lowest BCUT2D eigenvalue weighted by Crippen LogP contribution is -2.30. The molecule has 0 unspecified atom stereocenters. The van der Waals surface area contributed by atoms with Crippen molar-refractivity contribution in [3.8, 4) is 0 Å². The molecular formula is C15H23NO3S. The summed E-state index contributed by atoms with van der Waals surface area (Å²) in [5.74, 6) is 0.575. The molecule has 0 radical (unpaired) electrons. The Hall–Kier alpha value is -0.910. The largest absolute Gasteiger partial charge is 0.392 e. The van der Waals surface area contributed by atoms with E-state index in [9.17, 15) is 8.42 Å². The maximum atomic E-state index is 12.0. The predicted octanol–water partition coefficient (Wildman–Crippen LogP) is 2.39. The lowest BCUT2D eigenvalue weighted by molar-refractivity contribution is 0.198. The number of nitrogens with one attached hydrogen (secondary N) is 1. The monoisotopic (exact) mass is 297 g/mol. The fourth-order valence-electron chi connectivity index (χ4n) is 2.67. The Morgan fingerprint density at radius 3 is 2.35 bits per heavy atom. The van der Waals surface area contributed by atoms with Crippen molar-refractivity contribution in [3.63, 3.8) is 0 Å². The van der Waals surface area contributed by atoms with Crippen LogP contribution in [0.5, 0.6) is 0 Å². The van der Waals surface area contributed by atoms with Crippen molar-refractivity contribution in [2.75, 3.05) is 6.54 Å². The van der Waals surface area contributed by atoms with E-state index >= 15 is 0 Å². The van der Waals surface area contributed by atoms with Gasteiger partial charge in [0.1, 0.15) is 0 Å². The van der Waals surface area contributed by atoms with Crippen LogP contribution in [0.2, 0.25) is 0 Å². The molecule has 1 atom stereocenters. The lowest BCUT2D eigenvalue weighted by Gasteiger charge is -2.22. The van der Waals surface area contributed by atoms with Gasteiger partial charge in [-0.05, 0) is 43.4 Å². The fourth-order valence-corrected chi connectivity index (χ4v) is 3.79. The second-order valence-corrected chi connectivity index (χ2v) is 7.37. The van der Waals surface area contributed by atoms with Crippen LogP contribution in [0.1, 0.15) is 50.5 Å². The first kappa shape index (κ1) is 15.5. The van der Waals surface area contributed by atoms with Gasteiger partial charge in [0.2, 0.25) is 10.0 Å². The van der Waals surface area contributed by atoms with Gasteiger partial charge in [-0.2, -0.15) is 0 Å². The molecule has 1 aliphatic rings. The van der Waals surface area contributed by atoms with Crippen LogP contribution in [0.4, 0.5) is 0 Å². The van der Waals surface area contributed by atoms with Gasteiger partial charge in [0.15, 0.2) is 0 Å². The summed E-state index contributed by atoms with van der Waals surface area (Å²) in [7, 11) is -3.51. The minimum atomic E-state index is -3.51. The molecule has 0 amide bonds. The normalized spacial score (nSPS) is 18.9. The van der Waals surface area contributed by atoms with Gasteiger partial charge in [-0.1, -0.05) is 31.4 Å². The van der Waals surface area contributed by atoms with Gasteiger partial charge in [0.05, 0.1) is 11.0 Å². The van der Waals surface area contributed by atoms with Crippen LogP contribution in [0.3, 0.4) is 0 Å². The molecule has 1 aromatic carbocycles. The number of sulfonamides is 1. The summed E-state index contributed by atoms with van der Waals surface area (Å²) in [5, 5.41) is 9.15. The van der Waals surface area contributed by atoms with Crippen molar-refractivity contribution in [3.05, 3.63) is 29.8 Å². The molecule has 0 aromatic heterocycles. The van der Waals surface area contributed by atoms with Crippen molar-refractivity contribution < 1.29 is 13.5 Å². The molecule has 1 aliphatic carbocycles. The van der Waals surface area contributed by atoms with E-state index in [1.54, 1.807) is 19.1 Å². The second-order valence-electron chi connectivity index (χ2n) is 5.60. The van der Waals surface area contributed by atoms with E-state index < -0.39 is 16.1 Å². The molecule has 1 fully saturated rings. The van der Waals surface area contributed by atoms with Gasteiger partial charge in [-0.3, -0.25) is 0 Å². The molecule has 112 valence electrons. The average molecular weight is 297 g/mol. The molecule has 1 aromatic rings. The zero-order valence-corrected chi connectivity index (χ0v) is 12.7. The van der Waals surface area contributed by atoms with Crippen LogP contribution in [0, 0.1) is 0 Å². The summed E-state index contributed by atoms with van der Waals surface area (Å²) in [4.78, 5) is 0.262. The van der Waals surface area contributed by atoms with Crippen molar-refractivity contribution in [1.29, 1.82) is 0 Å². The van der Waals surface area contributed by atoms with E-state index in [0.29, 0.717) is 5.92 Å². The van der Waals surface area contributed by atoms with Crippen LogP contribution in [0.25, 0.3) is 0 Å². The van der Waals surface area contributed by atoms with E-state index in [4.69, 9.17) is 5.11 Å². The molecule has 0 heterocycles. The summed E-state index contributed by atoms with van der Waals surface area (Å²) >= 11 is 0. The number of aliphatic hydroxyl groups is 1. The van der Waals surface area contributed by atoms with Gasteiger partial charge in [-0.25, -0.2) is 13.1 Å². The van der Waals surface area contributed by atoms with E-state index in [2.05, 4.69) is 4.72 Å². The summed E-state index contributed by atoms with van der Waals surface area (Å²) in [6.45, 7) is 1.58. The Labute approximate surface area is 121 Å². The van der Waals surface area contributed by atoms with Crippen LogP contribution >= 0.6 is 0 Å². The highest BCUT2D eigenvalue weighted by Crippen LogP contribution is 2.32. The topological polar surface area (TPSA) is 66.4 Å². The van der Waals surface area contributed by atoms with Crippen LogP contribution < -0.4 is 4.72 Å². The van der Waals surface area contributed by atoms with Gasteiger partial charge in [-0.15, -0.1) is 0 Å². The molecule has 4 nitrogen and oxygen atoms in total. The summed E-state index contributed by atoms with van der Waals surface area (Å²) < 4.78 is 26.4. The molecule has 20 heavy (non-hydrogen) atoms. The van der Waals surface area contributed by atoms with Crippen LogP contribution in [-0.4, -0.2) is 26.2 Å². The minimum Gasteiger partial charge on any atom is -0.392 e. The zero-order chi connectivity index (χ0) is 14.6. The Morgan fingerprint density at radius 2 is 1.80 bits per heavy atom. The predicted molar refractivity (Wildman–Crippen MR) is 79.1 cm³/mol. The quantitative estimate of drug-likeness (QED) is 0.877. The summed E-state index contributed by atoms with van der Waals surface area (Å²) in [6.07, 6.45) is 5.55. The maximum Gasteiger partial charge on any atom is 0.240 e. The van der Waals surface area contributed by atoms with Crippen molar-refractivity contribution in [1.82, 2.24) is 4.72 Å². The average Bonchev–Trinajstić information content (AvgIpc) is 2.46. The van der Waals surface area contributed by atoms with Gasteiger partial charge in [0, 0.05) is 6.54 Å². The second kappa shape index (κ2) is 6.70. The Balaban J connectivity index is 2.07. The Bertz CT molecular complexity index is 517. The van der Waals surface area contributed by atoms with Crippen molar-refractivity contribution in [2.45, 2.75) is 55.9 Å². The molecule has 1 saturated carbocycles. The molecule has 0 spiro atoms. The third-order valence-electron chi connectivity index (χ3n) is 3.84. The molecule has 0 bridgehead atoms. The Kier molecular flexibility index (Phi) is 5.18. The maximum absolute atomic E-state index is 12.0. The number of hydrogen-bond donors (Lipinski definition) is 2. The van der Waals surface area contributed by atoms with Crippen LogP contribution in [0.15, 0.2) is 29.2 Å².